The second-order valence-corrected chi connectivity index (χ2v) is 8.92. The summed E-state index contributed by atoms with van der Waals surface area (Å²) < 4.78 is 0. The summed E-state index contributed by atoms with van der Waals surface area (Å²) in [6.07, 6.45) is 24.4. The Bertz CT molecular complexity index is 414. The highest BCUT2D eigenvalue weighted by molar-refractivity contribution is 5.03. The molecule has 1 nitrogen and oxygen atoms in total. The summed E-state index contributed by atoms with van der Waals surface area (Å²) in [6, 6.07) is 2.72. The molecular formula is C24H41N. The monoisotopic (exact) mass is 343 g/mol. The summed E-state index contributed by atoms with van der Waals surface area (Å²) in [6.45, 7) is 4.49. The molecule has 2 aliphatic rings. The average molecular weight is 344 g/mol. The third-order valence-corrected chi connectivity index (χ3v) is 7.19. The number of rotatable bonds is 9. The third kappa shape index (κ3) is 6.47. The maximum absolute atomic E-state index is 9.76. The van der Waals surface area contributed by atoms with Crippen molar-refractivity contribution < 1.29 is 0 Å². The zero-order valence-electron chi connectivity index (χ0n) is 16.9. The molecule has 0 heterocycles. The van der Waals surface area contributed by atoms with Gasteiger partial charge in [-0.05, 0) is 75.5 Å². The minimum absolute atomic E-state index is 0.00800. The second-order valence-electron chi connectivity index (χ2n) is 8.92. The minimum Gasteiger partial charge on any atom is -0.198 e. The fraction of sp³-hybridized carbons (Fsp3) is 0.875. The predicted octanol–water partition coefficient (Wildman–Crippen LogP) is 7.82. The van der Waals surface area contributed by atoms with Crippen molar-refractivity contribution in [2.75, 3.05) is 0 Å². The highest BCUT2D eigenvalue weighted by Crippen LogP contribution is 2.47. The summed E-state index contributed by atoms with van der Waals surface area (Å²) in [7, 11) is 0. The first-order valence-corrected chi connectivity index (χ1v) is 11.3. The molecule has 2 rings (SSSR count). The Balaban J connectivity index is 1.71. The summed E-state index contributed by atoms with van der Waals surface area (Å²) >= 11 is 0. The third-order valence-electron chi connectivity index (χ3n) is 7.19. The molecule has 0 radical (unpaired) electrons. The van der Waals surface area contributed by atoms with Gasteiger partial charge in [0.15, 0.2) is 0 Å². The number of nitrogens with zero attached hydrogens (tertiary/aromatic N) is 1. The van der Waals surface area contributed by atoms with E-state index < -0.39 is 0 Å². The number of nitriles is 1. The van der Waals surface area contributed by atoms with Crippen LogP contribution in [0.1, 0.15) is 110 Å². The van der Waals surface area contributed by atoms with Gasteiger partial charge < -0.3 is 0 Å². The first kappa shape index (κ1) is 20.5. The van der Waals surface area contributed by atoms with Crippen LogP contribution in [-0.4, -0.2) is 0 Å². The van der Waals surface area contributed by atoms with E-state index in [9.17, 15) is 5.26 Å². The van der Waals surface area contributed by atoms with Crippen molar-refractivity contribution >= 4 is 0 Å². The molecule has 0 aromatic carbocycles. The minimum atomic E-state index is -0.00800. The van der Waals surface area contributed by atoms with Gasteiger partial charge in [-0.25, -0.2) is 0 Å². The van der Waals surface area contributed by atoms with Gasteiger partial charge in [-0.1, -0.05) is 64.5 Å². The van der Waals surface area contributed by atoms with E-state index in [1.807, 2.05) is 0 Å². The molecule has 2 saturated carbocycles. The van der Waals surface area contributed by atoms with E-state index in [1.54, 1.807) is 0 Å². The number of hydrogen-bond acceptors (Lipinski definition) is 1. The van der Waals surface area contributed by atoms with Crippen LogP contribution >= 0.6 is 0 Å². The Morgan fingerprint density at radius 3 is 2.20 bits per heavy atom. The lowest BCUT2D eigenvalue weighted by atomic mass is 9.63. The van der Waals surface area contributed by atoms with Gasteiger partial charge in [0.25, 0.3) is 0 Å². The van der Waals surface area contributed by atoms with Crippen LogP contribution in [0.4, 0.5) is 0 Å². The SMILES string of the molecule is CC/C=C/CCC1(C#N)CCC(C2CCC(CCCCC)CC2)CC1. The van der Waals surface area contributed by atoms with Gasteiger partial charge >= 0.3 is 0 Å². The van der Waals surface area contributed by atoms with Gasteiger partial charge in [-0.3, -0.25) is 0 Å². The van der Waals surface area contributed by atoms with Gasteiger partial charge in [0.05, 0.1) is 11.5 Å². The van der Waals surface area contributed by atoms with Crippen molar-refractivity contribution in [2.24, 2.45) is 23.2 Å². The fourth-order valence-electron chi connectivity index (χ4n) is 5.36. The van der Waals surface area contributed by atoms with Crippen LogP contribution in [0.15, 0.2) is 12.2 Å². The lowest BCUT2D eigenvalue weighted by Gasteiger charge is -2.40. The lowest BCUT2D eigenvalue weighted by molar-refractivity contribution is 0.116. The van der Waals surface area contributed by atoms with Crippen LogP contribution < -0.4 is 0 Å². The molecule has 0 amide bonds. The molecule has 0 aliphatic heterocycles. The molecular weight excluding hydrogens is 302 g/mol. The zero-order chi connectivity index (χ0) is 18.0. The molecule has 0 aromatic heterocycles. The van der Waals surface area contributed by atoms with Crippen molar-refractivity contribution in [3.05, 3.63) is 12.2 Å². The Labute approximate surface area is 157 Å². The standard InChI is InChI=1S/C24H41N/c1-3-5-7-9-17-24(20-25)18-15-23(16-19-24)22-13-11-21(12-14-22)10-8-6-4-2/h5,7,21-23H,3-4,6,8-19H2,1-2H3/b7-5+. The molecule has 0 N–H and O–H groups in total. The summed E-state index contributed by atoms with van der Waals surface area (Å²) in [4.78, 5) is 0. The number of allylic oxidation sites excluding steroid dienone is 2. The van der Waals surface area contributed by atoms with Crippen LogP contribution in [0.3, 0.4) is 0 Å². The van der Waals surface area contributed by atoms with Crippen LogP contribution in [0, 0.1) is 34.5 Å². The normalized spacial score (nSPS) is 33.4. The molecule has 2 aliphatic carbocycles. The Morgan fingerprint density at radius 1 is 0.920 bits per heavy atom. The van der Waals surface area contributed by atoms with E-state index in [0.29, 0.717) is 0 Å². The Hall–Kier alpha value is -0.770. The van der Waals surface area contributed by atoms with Crippen LogP contribution in [0.5, 0.6) is 0 Å². The lowest BCUT2D eigenvalue weighted by Crippen LogP contribution is -2.31. The molecule has 1 heteroatoms. The second kappa shape index (κ2) is 11.1. The maximum Gasteiger partial charge on any atom is 0.0689 e. The van der Waals surface area contributed by atoms with Gasteiger partial charge in [0.2, 0.25) is 0 Å². The van der Waals surface area contributed by atoms with Crippen LogP contribution in [0.2, 0.25) is 0 Å². The molecule has 0 unspecified atom stereocenters. The molecule has 25 heavy (non-hydrogen) atoms. The topological polar surface area (TPSA) is 23.8 Å². The van der Waals surface area contributed by atoms with Gasteiger partial charge in [-0.2, -0.15) is 5.26 Å². The maximum atomic E-state index is 9.76. The first-order chi connectivity index (χ1) is 12.2. The van der Waals surface area contributed by atoms with Crippen molar-refractivity contribution in [1.29, 1.82) is 5.26 Å². The van der Waals surface area contributed by atoms with Crippen LogP contribution in [0.25, 0.3) is 0 Å². The van der Waals surface area contributed by atoms with Crippen molar-refractivity contribution in [3.63, 3.8) is 0 Å². The van der Waals surface area contributed by atoms with E-state index in [4.69, 9.17) is 0 Å². The molecule has 142 valence electrons. The Kier molecular flexibility index (Phi) is 9.08. The van der Waals surface area contributed by atoms with E-state index in [-0.39, 0.29) is 5.41 Å². The highest BCUT2D eigenvalue weighted by Gasteiger charge is 2.38. The molecule has 2 fully saturated rings. The fourth-order valence-corrected chi connectivity index (χ4v) is 5.36. The van der Waals surface area contributed by atoms with Gasteiger partial charge in [-0.15, -0.1) is 0 Å². The largest absolute Gasteiger partial charge is 0.198 e. The molecule has 0 saturated heterocycles. The van der Waals surface area contributed by atoms with Gasteiger partial charge in [0.1, 0.15) is 0 Å². The summed E-state index contributed by atoms with van der Waals surface area (Å²) in [5, 5.41) is 9.76. The molecule has 0 bridgehead atoms. The van der Waals surface area contributed by atoms with E-state index in [2.05, 4.69) is 32.1 Å². The molecule has 0 atom stereocenters. The predicted molar refractivity (Wildman–Crippen MR) is 108 cm³/mol. The number of unbranched alkanes of at least 4 members (excludes halogenated alkanes) is 2. The average Bonchev–Trinajstić information content (AvgIpc) is 2.67. The number of hydrogen-bond donors (Lipinski definition) is 0. The Morgan fingerprint density at radius 2 is 1.60 bits per heavy atom. The van der Waals surface area contributed by atoms with E-state index >= 15 is 0 Å². The van der Waals surface area contributed by atoms with E-state index in [0.717, 1.165) is 49.9 Å². The molecule has 0 spiro atoms. The smallest absolute Gasteiger partial charge is 0.0689 e. The van der Waals surface area contributed by atoms with Crippen molar-refractivity contribution in [1.82, 2.24) is 0 Å². The molecule has 0 aromatic rings. The first-order valence-electron chi connectivity index (χ1n) is 11.3. The summed E-state index contributed by atoms with van der Waals surface area (Å²) in [5.41, 5.74) is -0.00800. The quantitative estimate of drug-likeness (QED) is 0.309. The van der Waals surface area contributed by atoms with E-state index in [1.165, 1.54) is 64.2 Å². The van der Waals surface area contributed by atoms with Crippen molar-refractivity contribution in [3.8, 4) is 6.07 Å². The highest BCUT2D eigenvalue weighted by atomic mass is 14.4. The van der Waals surface area contributed by atoms with Crippen molar-refractivity contribution in [2.45, 2.75) is 110 Å². The summed E-state index contributed by atoms with van der Waals surface area (Å²) in [5.74, 6) is 2.92. The van der Waals surface area contributed by atoms with Gasteiger partial charge in [0, 0.05) is 0 Å². The zero-order valence-corrected chi connectivity index (χ0v) is 16.9. The van der Waals surface area contributed by atoms with Crippen LogP contribution in [-0.2, 0) is 0 Å².